The highest BCUT2D eigenvalue weighted by Crippen LogP contribution is 2.44. The number of H-pyrrole nitrogens is 1. The van der Waals surface area contributed by atoms with Crippen molar-refractivity contribution >= 4 is 17.7 Å². The lowest BCUT2D eigenvalue weighted by Crippen LogP contribution is -2.41. The van der Waals surface area contributed by atoms with E-state index >= 15 is 0 Å². The van der Waals surface area contributed by atoms with Crippen molar-refractivity contribution < 1.29 is 14.6 Å². The van der Waals surface area contributed by atoms with E-state index in [9.17, 15) is 20.0 Å². The molecule has 184 valence electrons. The number of aromatic amines is 1. The van der Waals surface area contributed by atoms with Crippen molar-refractivity contribution in [1.82, 2.24) is 9.97 Å². The molecular formula is C27H27N5O4. The zero-order valence-electron chi connectivity index (χ0n) is 19.9. The molecule has 2 atom stereocenters. The zero-order chi connectivity index (χ0) is 25.2. The molecule has 0 saturated carbocycles. The molecule has 3 heterocycles. The SMILES string of the molecule is COc1cccc(C2c3c(nc(N4CCC(Cc5ccccc5)CC4)[nH]c3=O)NC(=O)C2C#N)c1O. The number of aromatic hydroxyl groups is 1. The first-order valence-electron chi connectivity index (χ1n) is 12.0. The lowest BCUT2D eigenvalue weighted by atomic mass is 9.78. The summed E-state index contributed by atoms with van der Waals surface area (Å²) in [5.41, 5.74) is 1.28. The summed E-state index contributed by atoms with van der Waals surface area (Å²) in [5, 5.41) is 23.1. The van der Waals surface area contributed by atoms with Crippen molar-refractivity contribution in [1.29, 1.82) is 5.26 Å². The lowest BCUT2D eigenvalue weighted by Gasteiger charge is -2.34. The first kappa shape index (κ1) is 23.4. The smallest absolute Gasteiger partial charge is 0.258 e. The van der Waals surface area contributed by atoms with E-state index in [2.05, 4.69) is 39.6 Å². The van der Waals surface area contributed by atoms with Crippen molar-refractivity contribution in [3.8, 4) is 17.6 Å². The van der Waals surface area contributed by atoms with Crippen LogP contribution in [0.25, 0.3) is 0 Å². The van der Waals surface area contributed by atoms with Gasteiger partial charge in [-0.3, -0.25) is 14.6 Å². The second-order valence-electron chi connectivity index (χ2n) is 9.24. The maximum Gasteiger partial charge on any atom is 0.258 e. The molecule has 1 saturated heterocycles. The third-order valence-electron chi connectivity index (χ3n) is 7.12. The quantitative estimate of drug-likeness (QED) is 0.506. The summed E-state index contributed by atoms with van der Waals surface area (Å²) in [5.74, 6) is -1.74. The number of rotatable bonds is 5. The van der Waals surface area contributed by atoms with Crippen molar-refractivity contribution in [2.75, 3.05) is 30.4 Å². The number of benzene rings is 2. The van der Waals surface area contributed by atoms with Crippen LogP contribution in [0.5, 0.6) is 11.5 Å². The van der Waals surface area contributed by atoms with Gasteiger partial charge in [0.15, 0.2) is 11.5 Å². The first-order valence-corrected chi connectivity index (χ1v) is 12.0. The highest BCUT2D eigenvalue weighted by Gasteiger charge is 2.42. The molecule has 3 N–H and O–H groups in total. The number of carbonyl (C=O) groups excluding carboxylic acids is 1. The van der Waals surface area contributed by atoms with Crippen molar-refractivity contribution in [3.63, 3.8) is 0 Å². The van der Waals surface area contributed by atoms with Gasteiger partial charge in [-0.1, -0.05) is 42.5 Å². The topological polar surface area (TPSA) is 131 Å². The number of aromatic nitrogens is 2. The Morgan fingerprint density at radius 2 is 1.89 bits per heavy atom. The number of phenolic OH excluding ortho intramolecular Hbond substituents is 1. The molecule has 36 heavy (non-hydrogen) atoms. The Morgan fingerprint density at radius 1 is 1.14 bits per heavy atom. The molecule has 0 spiro atoms. The van der Waals surface area contributed by atoms with Gasteiger partial charge in [0.25, 0.3) is 5.56 Å². The number of hydrogen-bond acceptors (Lipinski definition) is 7. The average Bonchev–Trinajstić information content (AvgIpc) is 2.89. The largest absolute Gasteiger partial charge is 0.504 e. The number of carbonyl (C=O) groups is 1. The predicted octanol–water partition coefficient (Wildman–Crippen LogP) is 3.17. The number of fused-ring (bicyclic) bond motifs is 1. The zero-order valence-corrected chi connectivity index (χ0v) is 19.9. The van der Waals surface area contributed by atoms with Gasteiger partial charge in [0.2, 0.25) is 11.9 Å². The van der Waals surface area contributed by atoms with E-state index in [0.717, 1.165) is 32.4 Å². The molecule has 1 aromatic heterocycles. The fraction of sp³-hybridized carbons (Fsp3) is 0.333. The summed E-state index contributed by atoms with van der Waals surface area (Å²) < 4.78 is 5.19. The molecule has 0 radical (unpaired) electrons. The Kier molecular flexibility index (Phi) is 6.34. The summed E-state index contributed by atoms with van der Waals surface area (Å²) in [6.45, 7) is 1.46. The van der Waals surface area contributed by atoms with Crippen LogP contribution in [0.15, 0.2) is 53.3 Å². The van der Waals surface area contributed by atoms with Crippen LogP contribution in [0.3, 0.4) is 0 Å². The number of phenols is 1. The molecular weight excluding hydrogens is 458 g/mol. The van der Waals surface area contributed by atoms with Gasteiger partial charge in [-0.2, -0.15) is 10.2 Å². The first-order chi connectivity index (χ1) is 17.5. The number of anilines is 2. The molecule has 9 nitrogen and oxygen atoms in total. The van der Waals surface area contributed by atoms with Gasteiger partial charge in [0, 0.05) is 24.6 Å². The standard InChI is InChI=1S/C27H27N5O4/c1-36-20-9-5-8-18(23(20)33)21-19(15-28)25(34)29-24-22(21)26(35)31-27(30-24)32-12-10-17(11-13-32)14-16-6-3-2-4-7-16/h2-9,17,19,21,33H,10-14H2,1H3,(H2,29,30,31,34,35). The summed E-state index contributed by atoms with van der Waals surface area (Å²) in [6.07, 6.45) is 2.93. The van der Waals surface area contributed by atoms with Gasteiger partial charge in [-0.15, -0.1) is 0 Å². The normalized spacial score (nSPS) is 19.8. The van der Waals surface area contributed by atoms with Crippen LogP contribution >= 0.6 is 0 Å². The van der Waals surface area contributed by atoms with Crippen LogP contribution in [0.4, 0.5) is 11.8 Å². The van der Waals surface area contributed by atoms with Gasteiger partial charge >= 0.3 is 0 Å². The third-order valence-corrected chi connectivity index (χ3v) is 7.12. The molecule has 9 heteroatoms. The van der Waals surface area contributed by atoms with E-state index in [1.54, 1.807) is 18.2 Å². The maximum atomic E-state index is 13.4. The van der Waals surface area contributed by atoms with E-state index < -0.39 is 23.3 Å². The van der Waals surface area contributed by atoms with Crippen LogP contribution < -0.4 is 20.5 Å². The summed E-state index contributed by atoms with van der Waals surface area (Å²) in [7, 11) is 1.41. The van der Waals surface area contributed by atoms with Gasteiger partial charge in [0.1, 0.15) is 11.7 Å². The second-order valence-corrected chi connectivity index (χ2v) is 9.24. The van der Waals surface area contributed by atoms with E-state index in [4.69, 9.17) is 4.74 Å². The number of nitrogens with one attached hydrogen (secondary N) is 2. The number of piperidine rings is 1. The fourth-order valence-electron chi connectivity index (χ4n) is 5.24. The summed E-state index contributed by atoms with van der Waals surface area (Å²) >= 11 is 0. The monoisotopic (exact) mass is 485 g/mol. The van der Waals surface area contributed by atoms with E-state index in [-0.39, 0.29) is 28.4 Å². The van der Waals surface area contributed by atoms with E-state index in [1.807, 2.05) is 17.0 Å². The maximum absolute atomic E-state index is 13.4. The molecule has 2 aliphatic heterocycles. The Hall–Kier alpha value is -4.32. The Balaban J connectivity index is 1.44. The van der Waals surface area contributed by atoms with Crippen molar-refractivity contribution in [2.24, 2.45) is 11.8 Å². The second kappa shape index (κ2) is 9.74. The number of nitriles is 1. The van der Waals surface area contributed by atoms with Crippen LogP contribution in [0.2, 0.25) is 0 Å². The molecule has 3 aromatic rings. The Bertz CT molecular complexity index is 1370. The summed E-state index contributed by atoms with van der Waals surface area (Å²) in [6, 6.07) is 17.2. The highest BCUT2D eigenvalue weighted by molar-refractivity contribution is 5.98. The molecule has 0 bridgehead atoms. The summed E-state index contributed by atoms with van der Waals surface area (Å²) in [4.78, 5) is 35.7. The van der Waals surface area contributed by atoms with Crippen LogP contribution in [-0.2, 0) is 11.2 Å². The van der Waals surface area contributed by atoms with Crippen LogP contribution in [-0.4, -0.2) is 41.2 Å². The van der Waals surface area contributed by atoms with Gasteiger partial charge in [0.05, 0.1) is 18.7 Å². The van der Waals surface area contributed by atoms with Gasteiger partial charge < -0.3 is 20.1 Å². The number of nitrogens with zero attached hydrogens (tertiary/aromatic N) is 3. The highest BCUT2D eigenvalue weighted by atomic mass is 16.5. The minimum atomic E-state index is -1.21. The molecule has 5 rings (SSSR count). The number of para-hydroxylation sites is 1. The van der Waals surface area contributed by atoms with E-state index in [1.165, 1.54) is 12.7 Å². The molecule has 1 fully saturated rings. The Morgan fingerprint density at radius 3 is 2.58 bits per heavy atom. The number of methoxy groups -OCH3 is 1. The van der Waals surface area contributed by atoms with Crippen LogP contribution in [0, 0.1) is 23.2 Å². The average molecular weight is 486 g/mol. The molecule has 2 aromatic carbocycles. The number of hydrogen-bond donors (Lipinski definition) is 3. The number of ether oxygens (including phenoxy) is 1. The lowest BCUT2D eigenvalue weighted by molar-refractivity contribution is -0.119. The van der Waals surface area contributed by atoms with Gasteiger partial charge in [-0.25, -0.2) is 0 Å². The minimum absolute atomic E-state index is 0.115. The fourth-order valence-corrected chi connectivity index (χ4v) is 5.24. The van der Waals surface area contributed by atoms with E-state index in [0.29, 0.717) is 11.9 Å². The molecule has 2 aliphatic rings. The Labute approximate surface area is 208 Å². The molecule has 2 unspecified atom stereocenters. The predicted molar refractivity (Wildman–Crippen MR) is 134 cm³/mol. The molecule has 1 amide bonds. The minimum Gasteiger partial charge on any atom is -0.504 e. The number of amides is 1. The third kappa shape index (κ3) is 4.26. The van der Waals surface area contributed by atoms with Crippen LogP contribution in [0.1, 0.15) is 35.4 Å². The molecule has 0 aliphatic carbocycles. The van der Waals surface area contributed by atoms with Crippen molar-refractivity contribution in [3.05, 3.63) is 75.6 Å². The van der Waals surface area contributed by atoms with Gasteiger partial charge in [-0.05, 0) is 36.8 Å². The van der Waals surface area contributed by atoms with Crippen molar-refractivity contribution in [2.45, 2.75) is 25.2 Å².